The molecule has 2 rings (SSSR count). The Morgan fingerprint density at radius 3 is 2.86 bits per heavy atom. The summed E-state index contributed by atoms with van der Waals surface area (Å²) in [4.78, 5) is 7.13. The van der Waals surface area contributed by atoms with Gasteiger partial charge in [0.15, 0.2) is 11.0 Å². The van der Waals surface area contributed by atoms with E-state index < -0.39 is 23.7 Å². The van der Waals surface area contributed by atoms with Gasteiger partial charge < -0.3 is 15.9 Å². The Morgan fingerprint density at radius 1 is 1.52 bits per heavy atom. The van der Waals surface area contributed by atoms with Crippen molar-refractivity contribution < 1.29 is 18.4 Å². The predicted molar refractivity (Wildman–Crippen MR) is 74.5 cm³/mol. The summed E-state index contributed by atoms with van der Waals surface area (Å²) in [7, 11) is 0. The number of alkyl halides is 3. The van der Waals surface area contributed by atoms with E-state index in [-0.39, 0.29) is 0 Å². The number of halogens is 3. The van der Waals surface area contributed by atoms with Gasteiger partial charge in [0.25, 0.3) is 0 Å². The van der Waals surface area contributed by atoms with Gasteiger partial charge in [-0.05, 0) is 24.6 Å². The first-order valence-electron chi connectivity index (χ1n) is 5.94. The number of H-pyrrole nitrogens is 1. The monoisotopic (exact) mass is 318 g/mol. The smallest absolute Gasteiger partial charge is 0.399 e. The van der Waals surface area contributed by atoms with Crippen molar-refractivity contribution in [1.29, 1.82) is 0 Å². The number of benzene rings is 1. The molecule has 4 N–H and O–H groups in total. The van der Waals surface area contributed by atoms with Crippen LogP contribution in [0.4, 0.5) is 13.2 Å². The number of hydrogen-bond donors (Lipinski definition) is 3. The zero-order chi connectivity index (χ0) is 15.6. The summed E-state index contributed by atoms with van der Waals surface area (Å²) in [5, 5.41) is 11.3. The molecule has 0 aliphatic heterocycles. The highest BCUT2D eigenvalue weighted by molar-refractivity contribution is 7.99. The molecule has 1 aromatic heterocycles. The van der Waals surface area contributed by atoms with Crippen LogP contribution in [-0.4, -0.2) is 32.9 Å². The van der Waals surface area contributed by atoms with Gasteiger partial charge >= 0.3 is 6.18 Å². The van der Waals surface area contributed by atoms with Crippen LogP contribution in [0.25, 0.3) is 11.0 Å². The average Bonchev–Trinajstić information content (AvgIpc) is 2.78. The molecule has 0 aliphatic carbocycles. The number of nitrogens with two attached hydrogens (primary N) is 1. The molecule has 1 atom stereocenters. The van der Waals surface area contributed by atoms with Crippen molar-refractivity contribution in [2.24, 2.45) is 16.8 Å². The molecule has 2 aromatic rings. The number of aromatic nitrogens is 2. The largest absolute Gasteiger partial charge is 0.409 e. The van der Waals surface area contributed by atoms with Crippen LogP contribution in [0.3, 0.4) is 0 Å². The van der Waals surface area contributed by atoms with E-state index in [1.807, 2.05) is 19.1 Å². The van der Waals surface area contributed by atoms with Crippen LogP contribution >= 0.6 is 11.8 Å². The number of thioether (sulfide) groups is 1. The van der Waals surface area contributed by atoms with Gasteiger partial charge in [0.1, 0.15) is 5.92 Å². The quantitative estimate of drug-likeness (QED) is 0.266. The molecular weight excluding hydrogens is 305 g/mol. The summed E-state index contributed by atoms with van der Waals surface area (Å²) in [6.45, 7) is 1.91. The Labute approximate surface area is 122 Å². The molecule has 1 heterocycles. The van der Waals surface area contributed by atoms with Gasteiger partial charge in [-0.1, -0.05) is 23.0 Å². The lowest BCUT2D eigenvalue weighted by molar-refractivity contribution is -0.150. The third kappa shape index (κ3) is 3.60. The number of fused-ring (bicyclic) bond motifs is 1. The molecule has 0 aliphatic rings. The maximum Gasteiger partial charge on any atom is 0.399 e. The molecule has 9 heteroatoms. The second kappa shape index (κ2) is 5.84. The average molecular weight is 318 g/mol. The third-order valence-electron chi connectivity index (χ3n) is 2.87. The van der Waals surface area contributed by atoms with Crippen LogP contribution in [0, 0.1) is 12.8 Å². The molecule has 0 radical (unpaired) electrons. The fourth-order valence-electron chi connectivity index (χ4n) is 1.75. The lowest BCUT2D eigenvalue weighted by Gasteiger charge is -2.17. The minimum atomic E-state index is -4.58. The molecule has 114 valence electrons. The van der Waals surface area contributed by atoms with E-state index in [4.69, 9.17) is 10.9 Å². The van der Waals surface area contributed by atoms with Crippen LogP contribution in [0.5, 0.6) is 0 Å². The zero-order valence-corrected chi connectivity index (χ0v) is 11.8. The van der Waals surface area contributed by atoms with Crippen LogP contribution in [0.15, 0.2) is 28.5 Å². The number of hydrogen-bond acceptors (Lipinski definition) is 4. The highest BCUT2D eigenvalue weighted by Crippen LogP contribution is 2.31. The number of amidine groups is 1. The lowest BCUT2D eigenvalue weighted by Crippen LogP contribution is -2.37. The summed E-state index contributed by atoms with van der Waals surface area (Å²) in [5.74, 6) is -3.30. The first kappa shape index (κ1) is 15.5. The van der Waals surface area contributed by atoms with Gasteiger partial charge in [0.2, 0.25) is 0 Å². The van der Waals surface area contributed by atoms with E-state index in [0.29, 0.717) is 10.7 Å². The summed E-state index contributed by atoms with van der Waals surface area (Å²) >= 11 is 0.872. The summed E-state index contributed by atoms with van der Waals surface area (Å²) in [6.07, 6.45) is -4.58. The Morgan fingerprint density at radius 2 is 2.24 bits per heavy atom. The van der Waals surface area contributed by atoms with Gasteiger partial charge in [-0.15, -0.1) is 0 Å². The normalized spacial score (nSPS) is 14.6. The molecule has 0 bridgehead atoms. The zero-order valence-electron chi connectivity index (χ0n) is 11.0. The SMILES string of the molecule is Cc1ccc2nc(SCC(/C(N)=N/O)C(F)(F)F)[nH]c2c1. The van der Waals surface area contributed by atoms with Gasteiger partial charge in [-0.3, -0.25) is 0 Å². The third-order valence-corrected chi connectivity index (χ3v) is 3.84. The first-order chi connectivity index (χ1) is 9.81. The van der Waals surface area contributed by atoms with Crippen LogP contribution in [0.1, 0.15) is 5.56 Å². The number of rotatable bonds is 4. The van der Waals surface area contributed by atoms with E-state index in [2.05, 4.69) is 15.1 Å². The predicted octanol–water partition coefficient (Wildman–Crippen LogP) is 2.89. The molecule has 0 amide bonds. The maximum atomic E-state index is 12.8. The van der Waals surface area contributed by atoms with Crippen LogP contribution < -0.4 is 5.73 Å². The van der Waals surface area contributed by atoms with E-state index in [1.54, 1.807) is 6.07 Å². The first-order valence-corrected chi connectivity index (χ1v) is 6.93. The van der Waals surface area contributed by atoms with Crippen molar-refractivity contribution in [3.05, 3.63) is 23.8 Å². The topological polar surface area (TPSA) is 87.3 Å². The number of imidazole rings is 1. The summed E-state index contributed by atoms with van der Waals surface area (Å²) < 4.78 is 38.4. The van der Waals surface area contributed by atoms with E-state index in [0.717, 1.165) is 22.8 Å². The summed E-state index contributed by atoms with van der Waals surface area (Å²) in [5.41, 5.74) is 7.55. The highest BCUT2D eigenvalue weighted by atomic mass is 32.2. The number of aryl methyl sites for hydroxylation is 1. The van der Waals surface area contributed by atoms with Crippen molar-refractivity contribution in [3.8, 4) is 0 Å². The number of nitrogens with zero attached hydrogens (tertiary/aromatic N) is 2. The van der Waals surface area contributed by atoms with Gasteiger partial charge in [-0.2, -0.15) is 13.2 Å². The van der Waals surface area contributed by atoms with E-state index in [9.17, 15) is 13.2 Å². The molecule has 1 unspecified atom stereocenters. The van der Waals surface area contributed by atoms with Crippen molar-refractivity contribution in [2.45, 2.75) is 18.3 Å². The minimum Gasteiger partial charge on any atom is -0.409 e. The molecule has 5 nitrogen and oxygen atoms in total. The number of nitrogens with one attached hydrogen (secondary N) is 1. The number of oxime groups is 1. The summed E-state index contributed by atoms with van der Waals surface area (Å²) in [6, 6.07) is 5.51. The van der Waals surface area contributed by atoms with E-state index in [1.165, 1.54) is 0 Å². The van der Waals surface area contributed by atoms with Crippen LogP contribution in [-0.2, 0) is 0 Å². The Hall–Kier alpha value is -1.90. The Bertz CT molecular complexity index is 668. The standard InChI is InChI=1S/C12H13F3N4OS/c1-6-2-3-8-9(4-6)18-11(17-8)21-5-7(10(16)19-20)12(13,14)15/h2-4,7,20H,5H2,1H3,(H2,16,19)(H,17,18). The Kier molecular flexibility index (Phi) is 4.31. The van der Waals surface area contributed by atoms with Gasteiger partial charge in [-0.25, -0.2) is 4.98 Å². The van der Waals surface area contributed by atoms with Crippen LogP contribution in [0.2, 0.25) is 0 Å². The highest BCUT2D eigenvalue weighted by Gasteiger charge is 2.42. The molecule has 0 spiro atoms. The molecule has 21 heavy (non-hydrogen) atoms. The Balaban J connectivity index is 2.16. The van der Waals surface area contributed by atoms with Gasteiger partial charge in [0, 0.05) is 5.75 Å². The minimum absolute atomic E-state index is 0.357. The maximum absolute atomic E-state index is 12.8. The number of aromatic amines is 1. The molecular formula is C12H13F3N4OS. The van der Waals surface area contributed by atoms with E-state index >= 15 is 0 Å². The lowest BCUT2D eigenvalue weighted by atomic mass is 10.1. The van der Waals surface area contributed by atoms with Gasteiger partial charge in [0.05, 0.1) is 11.0 Å². The van der Waals surface area contributed by atoms with Crippen molar-refractivity contribution >= 4 is 28.6 Å². The fourth-order valence-corrected chi connectivity index (χ4v) is 2.78. The molecule has 1 aromatic carbocycles. The van der Waals surface area contributed by atoms with Crippen molar-refractivity contribution in [2.75, 3.05) is 5.75 Å². The molecule has 0 saturated carbocycles. The second-order valence-corrected chi connectivity index (χ2v) is 5.50. The molecule has 0 fully saturated rings. The van der Waals surface area contributed by atoms with Crippen molar-refractivity contribution in [1.82, 2.24) is 9.97 Å². The van der Waals surface area contributed by atoms with Crippen molar-refractivity contribution in [3.63, 3.8) is 0 Å². The second-order valence-electron chi connectivity index (χ2n) is 4.49. The molecule has 0 saturated heterocycles. The fraction of sp³-hybridized carbons (Fsp3) is 0.333.